The molecular formula is C14H19N3O. The molecule has 2 aromatic rings. The van der Waals surface area contributed by atoms with Crippen LogP contribution in [0.1, 0.15) is 26.2 Å². The summed E-state index contributed by atoms with van der Waals surface area (Å²) in [5.41, 5.74) is 2.25. The van der Waals surface area contributed by atoms with Gasteiger partial charge in [-0.15, -0.1) is 0 Å². The first-order valence-electron chi connectivity index (χ1n) is 6.67. The quantitative estimate of drug-likeness (QED) is 0.874. The third kappa shape index (κ3) is 2.20. The van der Waals surface area contributed by atoms with Crippen LogP contribution in [-0.2, 0) is 4.74 Å². The van der Waals surface area contributed by atoms with Crippen molar-refractivity contribution in [2.24, 2.45) is 0 Å². The minimum absolute atomic E-state index is 0.403. The molecule has 0 saturated carbocycles. The van der Waals surface area contributed by atoms with E-state index in [0.29, 0.717) is 12.1 Å². The summed E-state index contributed by atoms with van der Waals surface area (Å²) in [6.07, 6.45) is 5.54. The zero-order valence-electron chi connectivity index (χ0n) is 10.6. The molecule has 1 aliphatic heterocycles. The molecule has 4 heteroatoms. The van der Waals surface area contributed by atoms with Gasteiger partial charge in [-0.05, 0) is 31.4 Å². The molecule has 0 bridgehead atoms. The Morgan fingerprint density at radius 2 is 2.44 bits per heavy atom. The Kier molecular flexibility index (Phi) is 3.19. The molecule has 0 amide bonds. The summed E-state index contributed by atoms with van der Waals surface area (Å²) >= 11 is 0. The smallest absolute Gasteiger partial charge is 0.0671 e. The Hall–Kier alpha value is -1.55. The van der Waals surface area contributed by atoms with Crippen molar-refractivity contribution in [3.63, 3.8) is 0 Å². The van der Waals surface area contributed by atoms with Crippen molar-refractivity contribution in [3.8, 4) is 0 Å². The maximum Gasteiger partial charge on any atom is 0.0671 e. The van der Waals surface area contributed by atoms with Crippen LogP contribution in [0, 0.1) is 0 Å². The number of nitrogens with one attached hydrogen (secondary N) is 2. The molecular weight excluding hydrogens is 226 g/mol. The second-order valence-corrected chi connectivity index (χ2v) is 4.90. The summed E-state index contributed by atoms with van der Waals surface area (Å²) in [4.78, 5) is 0. The molecule has 18 heavy (non-hydrogen) atoms. The number of fused-ring (bicyclic) bond motifs is 1. The molecule has 0 spiro atoms. The maximum absolute atomic E-state index is 5.71. The minimum atomic E-state index is 0.403. The van der Waals surface area contributed by atoms with Crippen LogP contribution in [-0.4, -0.2) is 29.0 Å². The zero-order valence-corrected chi connectivity index (χ0v) is 10.6. The van der Waals surface area contributed by atoms with E-state index in [1.165, 1.54) is 5.69 Å². The molecule has 0 aliphatic carbocycles. The van der Waals surface area contributed by atoms with Gasteiger partial charge in [0, 0.05) is 23.7 Å². The average Bonchev–Trinajstić information content (AvgIpc) is 2.88. The van der Waals surface area contributed by atoms with E-state index in [9.17, 15) is 0 Å². The topological polar surface area (TPSA) is 49.9 Å². The van der Waals surface area contributed by atoms with Crippen LogP contribution >= 0.6 is 0 Å². The number of hydrogen-bond acceptors (Lipinski definition) is 3. The zero-order chi connectivity index (χ0) is 12.4. The summed E-state index contributed by atoms with van der Waals surface area (Å²) in [5.74, 6) is 0. The van der Waals surface area contributed by atoms with Crippen molar-refractivity contribution >= 4 is 16.6 Å². The average molecular weight is 245 g/mol. The molecule has 4 nitrogen and oxygen atoms in total. The first-order valence-corrected chi connectivity index (χ1v) is 6.67. The van der Waals surface area contributed by atoms with Crippen molar-refractivity contribution in [1.82, 2.24) is 10.2 Å². The lowest BCUT2D eigenvalue weighted by atomic mass is 10.0. The number of aromatic nitrogens is 2. The minimum Gasteiger partial charge on any atom is -0.382 e. The summed E-state index contributed by atoms with van der Waals surface area (Å²) < 4.78 is 5.71. The SMILES string of the molecule is CCC1CC(Nc2cccc3[nH]ncc23)CCO1. The number of aromatic amines is 1. The van der Waals surface area contributed by atoms with E-state index in [1.807, 2.05) is 12.3 Å². The van der Waals surface area contributed by atoms with Gasteiger partial charge >= 0.3 is 0 Å². The normalized spacial score (nSPS) is 24.3. The largest absolute Gasteiger partial charge is 0.382 e. The number of benzene rings is 1. The van der Waals surface area contributed by atoms with Crippen LogP contribution in [0.2, 0.25) is 0 Å². The second kappa shape index (κ2) is 4.98. The number of hydrogen-bond donors (Lipinski definition) is 2. The Bertz CT molecular complexity index is 522. The van der Waals surface area contributed by atoms with E-state index >= 15 is 0 Å². The van der Waals surface area contributed by atoms with Gasteiger partial charge in [0.1, 0.15) is 0 Å². The lowest BCUT2D eigenvalue weighted by Gasteiger charge is -2.30. The fraction of sp³-hybridized carbons (Fsp3) is 0.500. The van der Waals surface area contributed by atoms with Gasteiger partial charge in [0.05, 0.1) is 17.8 Å². The highest BCUT2D eigenvalue weighted by molar-refractivity contribution is 5.90. The van der Waals surface area contributed by atoms with E-state index in [0.717, 1.165) is 36.8 Å². The Labute approximate surface area is 107 Å². The molecule has 2 heterocycles. The van der Waals surface area contributed by atoms with Crippen LogP contribution in [0.4, 0.5) is 5.69 Å². The van der Waals surface area contributed by atoms with Gasteiger partial charge in [-0.1, -0.05) is 13.0 Å². The molecule has 3 rings (SSSR count). The molecule has 0 radical (unpaired) electrons. The molecule has 1 aromatic heterocycles. The van der Waals surface area contributed by atoms with Gasteiger partial charge in [0.15, 0.2) is 0 Å². The Morgan fingerprint density at radius 1 is 1.50 bits per heavy atom. The van der Waals surface area contributed by atoms with Crippen molar-refractivity contribution in [2.45, 2.75) is 38.3 Å². The second-order valence-electron chi connectivity index (χ2n) is 4.90. The van der Waals surface area contributed by atoms with Crippen molar-refractivity contribution < 1.29 is 4.74 Å². The fourth-order valence-corrected chi connectivity index (χ4v) is 2.61. The molecule has 1 aliphatic rings. The predicted molar refractivity (Wildman–Crippen MR) is 72.8 cm³/mol. The van der Waals surface area contributed by atoms with Crippen LogP contribution in [0.5, 0.6) is 0 Å². The summed E-state index contributed by atoms with van der Waals surface area (Å²) in [6.45, 7) is 3.04. The molecule has 1 fully saturated rings. The van der Waals surface area contributed by atoms with Crippen LogP contribution in [0.3, 0.4) is 0 Å². The lowest BCUT2D eigenvalue weighted by Crippen LogP contribution is -2.33. The van der Waals surface area contributed by atoms with Gasteiger partial charge in [-0.2, -0.15) is 5.10 Å². The van der Waals surface area contributed by atoms with E-state index < -0.39 is 0 Å². The summed E-state index contributed by atoms with van der Waals surface area (Å²) in [7, 11) is 0. The number of H-pyrrole nitrogens is 1. The number of anilines is 1. The lowest BCUT2D eigenvalue weighted by molar-refractivity contribution is 0.00927. The van der Waals surface area contributed by atoms with Gasteiger partial charge in [0.25, 0.3) is 0 Å². The standard InChI is InChI=1S/C14H19N3O/c1-2-11-8-10(6-7-18-11)16-13-4-3-5-14-12(13)9-15-17-14/h3-5,9-11,16H,2,6-8H2,1H3,(H,15,17). The molecule has 2 N–H and O–H groups in total. The van der Waals surface area contributed by atoms with Crippen molar-refractivity contribution in [1.29, 1.82) is 0 Å². The first kappa shape index (κ1) is 11.5. The van der Waals surface area contributed by atoms with Crippen LogP contribution in [0.25, 0.3) is 10.9 Å². The maximum atomic E-state index is 5.71. The van der Waals surface area contributed by atoms with Crippen molar-refractivity contribution in [2.75, 3.05) is 11.9 Å². The fourth-order valence-electron chi connectivity index (χ4n) is 2.61. The van der Waals surface area contributed by atoms with E-state index in [4.69, 9.17) is 4.74 Å². The summed E-state index contributed by atoms with van der Waals surface area (Å²) in [5, 5.41) is 11.9. The van der Waals surface area contributed by atoms with Gasteiger partial charge in [-0.3, -0.25) is 5.10 Å². The van der Waals surface area contributed by atoms with Gasteiger partial charge in [0.2, 0.25) is 0 Å². The van der Waals surface area contributed by atoms with Gasteiger partial charge < -0.3 is 10.1 Å². The van der Waals surface area contributed by atoms with E-state index in [2.05, 4.69) is 34.6 Å². The molecule has 1 aromatic carbocycles. The molecule has 96 valence electrons. The Balaban J connectivity index is 1.77. The number of ether oxygens (including phenoxy) is 1. The summed E-state index contributed by atoms with van der Waals surface area (Å²) in [6, 6.07) is 6.73. The highest BCUT2D eigenvalue weighted by Gasteiger charge is 2.21. The number of nitrogens with zero attached hydrogens (tertiary/aromatic N) is 1. The molecule has 1 saturated heterocycles. The third-order valence-corrected chi connectivity index (χ3v) is 3.67. The van der Waals surface area contributed by atoms with Crippen LogP contribution < -0.4 is 5.32 Å². The predicted octanol–water partition coefficient (Wildman–Crippen LogP) is 2.93. The first-order chi connectivity index (χ1) is 8.86. The van der Waals surface area contributed by atoms with Crippen molar-refractivity contribution in [3.05, 3.63) is 24.4 Å². The third-order valence-electron chi connectivity index (χ3n) is 3.67. The van der Waals surface area contributed by atoms with E-state index in [-0.39, 0.29) is 0 Å². The molecule has 2 atom stereocenters. The monoisotopic (exact) mass is 245 g/mol. The van der Waals surface area contributed by atoms with E-state index in [1.54, 1.807) is 0 Å². The van der Waals surface area contributed by atoms with Crippen LogP contribution in [0.15, 0.2) is 24.4 Å². The Morgan fingerprint density at radius 3 is 3.33 bits per heavy atom. The molecule has 2 unspecified atom stereocenters. The highest BCUT2D eigenvalue weighted by atomic mass is 16.5. The highest BCUT2D eigenvalue weighted by Crippen LogP contribution is 2.25. The number of rotatable bonds is 3. The van der Waals surface area contributed by atoms with Gasteiger partial charge in [-0.25, -0.2) is 0 Å².